The number of β-amino-alcohol motifs (C(OH)–C–C–N with tert-alkyl or cyclic N) is 1. The summed E-state index contributed by atoms with van der Waals surface area (Å²) < 4.78 is 15.1. The first-order chi connectivity index (χ1) is 12.2. The predicted molar refractivity (Wildman–Crippen MR) is 99.4 cm³/mol. The fraction of sp³-hybridized carbons (Fsp3) is 0.350. The van der Waals surface area contributed by atoms with Gasteiger partial charge < -0.3 is 5.11 Å². The Kier molecular flexibility index (Phi) is 4.79. The number of aliphatic hydroxyl groups is 1. The number of hydrogen-bond donors (Lipinski definition) is 1. The zero-order valence-electron chi connectivity index (χ0n) is 13.9. The molecule has 5 heteroatoms. The van der Waals surface area contributed by atoms with Crippen molar-refractivity contribution < 1.29 is 9.50 Å². The van der Waals surface area contributed by atoms with Crippen molar-refractivity contribution in [3.05, 3.63) is 64.9 Å². The van der Waals surface area contributed by atoms with E-state index < -0.39 is 6.10 Å². The van der Waals surface area contributed by atoms with E-state index in [0.717, 1.165) is 31.4 Å². The summed E-state index contributed by atoms with van der Waals surface area (Å²) in [6.07, 6.45) is 1.40. The maximum Gasteiger partial charge on any atom is 0.129 e. The average Bonchev–Trinajstić information content (AvgIpc) is 3.06. The first-order valence-electron chi connectivity index (χ1n) is 8.71. The van der Waals surface area contributed by atoms with Crippen molar-refractivity contribution in [2.45, 2.75) is 24.9 Å². The van der Waals surface area contributed by atoms with Gasteiger partial charge in [0, 0.05) is 24.6 Å². The van der Waals surface area contributed by atoms with E-state index in [1.54, 1.807) is 29.5 Å². The van der Waals surface area contributed by atoms with E-state index in [9.17, 15) is 9.50 Å². The van der Waals surface area contributed by atoms with Crippen LogP contribution in [0.2, 0.25) is 0 Å². The van der Waals surface area contributed by atoms with Crippen LogP contribution in [-0.2, 0) is 0 Å². The van der Waals surface area contributed by atoms with Gasteiger partial charge in [-0.05, 0) is 37.6 Å². The summed E-state index contributed by atoms with van der Waals surface area (Å²) >= 11 is 1.76. The minimum absolute atomic E-state index is 0.338. The third-order valence-corrected chi connectivity index (χ3v) is 6.06. The number of nitrogens with zero attached hydrogens (tertiary/aromatic N) is 2. The van der Waals surface area contributed by atoms with E-state index >= 15 is 0 Å². The van der Waals surface area contributed by atoms with Crippen LogP contribution in [0.4, 0.5) is 4.39 Å². The summed E-state index contributed by atoms with van der Waals surface area (Å²) in [5, 5.41) is 11.6. The van der Waals surface area contributed by atoms with Crippen LogP contribution < -0.4 is 0 Å². The van der Waals surface area contributed by atoms with Gasteiger partial charge in [0.15, 0.2) is 0 Å². The quantitative estimate of drug-likeness (QED) is 0.755. The average molecular weight is 356 g/mol. The molecular weight excluding hydrogens is 335 g/mol. The second-order valence-corrected chi connectivity index (χ2v) is 7.72. The molecule has 2 aromatic carbocycles. The molecule has 3 aromatic rings. The van der Waals surface area contributed by atoms with E-state index in [4.69, 9.17) is 4.98 Å². The van der Waals surface area contributed by atoms with Gasteiger partial charge in [0.2, 0.25) is 0 Å². The lowest BCUT2D eigenvalue weighted by atomic mass is 9.97. The van der Waals surface area contributed by atoms with Crippen LogP contribution in [0.25, 0.3) is 10.2 Å². The molecule has 0 aliphatic carbocycles. The first kappa shape index (κ1) is 16.6. The van der Waals surface area contributed by atoms with Crippen LogP contribution in [0.15, 0.2) is 48.5 Å². The Morgan fingerprint density at radius 2 is 2.00 bits per heavy atom. The number of piperidine rings is 1. The number of hydrogen-bond acceptors (Lipinski definition) is 4. The monoisotopic (exact) mass is 356 g/mol. The molecule has 0 spiro atoms. The van der Waals surface area contributed by atoms with Gasteiger partial charge >= 0.3 is 0 Å². The number of para-hydroxylation sites is 1. The van der Waals surface area contributed by atoms with Gasteiger partial charge in [-0.15, -0.1) is 11.3 Å². The van der Waals surface area contributed by atoms with E-state index in [1.807, 2.05) is 12.1 Å². The Morgan fingerprint density at radius 1 is 1.20 bits per heavy atom. The van der Waals surface area contributed by atoms with E-state index in [0.29, 0.717) is 18.0 Å². The molecule has 1 saturated heterocycles. The SMILES string of the molecule is OC(CN1CCCC(c2nc3ccccc3s2)C1)c1ccccc1F. The summed E-state index contributed by atoms with van der Waals surface area (Å²) in [6.45, 7) is 2.26. The third-order valence-electron chi connectivity index (χ3n) is 4.86. The summed E-state index contributed by atoms with van der Waals surface area (Å²) in [4.78, 5) is 7.03. The predicted octanol–water partition coefficient (Wildman–Crippen LogP) is 4.35. The Balaban J connectivity index is 1.46. The van der Waals surface area contributed by atoms with Crippen LogP contribution in [0.5, 0.6) is 0 Å². The lowest BCUT2D eigenvalue weighted by Crippen LogP contribution is -2.37. The fourth-order valence-corrected chi connectivity index (χ4v) is 4.67. The van der Waals surface area contributed by atoms with Crippen molar-refractivity contribution in [1.29, 1.82) is 0 Å². The standard InChI is InChI=1S/C20H21FN2OS/c21-16-8-2-1-7-15(16)18(24)13-23-11-5-6-14(12-23)20-22-17-9-3-4-10-19(17)25-20/h1-4,7-10,14,18,24H,5-6,11-13H2. The fourth-order valence-electron chi connectivity index (χ4n) is 3.58. The van der Waals surface area contributed by atoms with Crippen molar-refractivity contribution in [2.24, 2.45) is 0 Å². The second kappa shape index (κ2) is 7.20. The Bertz CT molecular complexity index is 833. The minimum Gasteiger partial charge on any atom is -0.387 e. The molecule has 2 unspecified atom stereocenters. The molecule has 1 N–H and O–H groups in total. The molecule has 0 amide bonds. The largest absolute Gasteiger partial charge is 0.387 e. The van der Waals surface area contributed by atoms with E-state index in [1.165, 1.54) is 15.8 Å². The van der Waals surface area contributed by atoms with Crippen LogP contribution in [0.3, 0.4) is 0 Å². The number of likely N-dealkylation sites (tertiary alicyclic amines) is 1. The zero-order chi connectivity index (χ0) is 17.2. The number of fused-ring (bicyclic) bond motifs is 1. The molecule has 0 bridgehead atoms. The van der Waals surface area contributed by atoms with E-state index in [2.05, 4.69) is 17.0 Å². The normalized spacial score (nSPS) is 20.0. The topological polar surface area (TPSA) is 36.4 Å². The van der Waals surface area contributed by atoms with E-state index in [-0.39, 0.29) is 5.82 Å². The minimum atomic E-state index is -0.796. The maximum absolute atomic E-state index is 13.9. The van der Waals surface area contributed by atoms with Gasteiger partial charge in [-0.25, -0.2) is 9.37 Å². The molecule has 4 rings (SSSR count). The van der Waals surface area contributed by atoms with Crippen LogP contribution in [0.1, 0.15) is 35.4 Å². The highest BCUT2D eigenvalue weighted by molar-refractivity contribution is 7.18. The highest BCUT2D eigenvalue weighted by Crippen LogP contribution is 2.33. The van der Waals surface area contributed by atoms with Crippen LogP contribution in [-0.4, -0.2) is 34.6 Å². The molecule has 0 radical (unpaired) electrons. The molecule has 0 saturated carbocycles. The van der Waals surface area contributed by atoms with Crippen molar-refractivity contribution >= 4 is 21.6 Å². The van der Waals surface area contributed by atoms with Crippen LogP contribution in [0, 0.1) is 5.82 Å². The van der Waals surface area contributed by atoms with Crippen molar-refractivity contribution in [3.63, 3.8) is 0 Å². The van der Waals surface area contributed by atoms with Crippen molar-refractivity contribution in [3.8, 4) is 0 Å². The molecule has 1 aliphatic rings. The molecular formula is C20H21FN2OS. The number of rotatable bonds is 4. The molecule has 2 heterocycles. The lowest BCUT2D eigenvalue weighted by Gasteiger charge is -2.33. The second-order valence-electron chi connectivity index (χ2n) is 6.66. The van der Waals surface area contributed by atoms with Crippen molar-refractivity contribution in [2.75, 3.05) is 19.6 Å². The highest BCUT2D eigenvalue weighted by atomic mass is 32.1. The lowest BCUT2D eigenvalue weighted by molar-refractivity contribution is 0.0930. The molecule has 130 valence electrons. The van der Waals surface area contributed by atoms with Gasteiger partial charge in [-0.3, -0.25) is 4.90 Å². The number of aliphatic hydroxyl groups excluding tert-OH is 1. The number of thiazole rings is 1. The summed E-state index contributed by atoms with van der Waals surface area (Å²) in [5.74, 6) is 0.0497. The Hall–Kier alpha value is -1.82. The smallest absolute Gasteiger partial charge is 0.129 e. The maximum atomic E-state index is 13.9. The van der Waals surface area contributed by atoms with Gasteiger partial charge in [-0.1, -0.05) is 30.3 Å². The number of halogens is 1. The molecule has 3 nitrogen and oxygen atoms in total. The van der Waals surface area contributed by atoms with Crippen LogP contribution >= 0.6 is 11.3 Å². The molecule has 1 aromatic heterocycles. The van der Waals surface area contributed by atoms with Gasteiger partial charge in [0.05, 0.1) is 21.3 Å². The Morgan fingerprint density at radius 3 is 2.84 bits per heavy atom. The molecule has 1 aliphatic heterocycles. The molecule has 25 heavy (non-hydrogen) atoms. The number of aromatic nitrogens is 1. The summed E-state index contributed by atoms with van der Waals surface area (Å²) in [7, 11) is 0. The van der Waals surface area contributed by atoms with Gasteiger partial charge in [0.1, 0.15) is 5.82 Å². The molecule has 2 atom stereocenters. The molecule has 1 fully saturated rings. The Labute approximate surface area is 150 Å². The number of benzene rings is 2. The first-order valence-corrected chi connectivity index (χ1v) is 9.52. The third kappa shape index (κ3) is 3.59. The van der Waals surface area contributed by atoms with Gasteiger partial charge in [0.25, 0.3) is 0 Å². The summed E-state index contributed by atoms with van der Waals surface area (Å²) in [6, 6.07) is 14.7. The highest BCUT2D eigenvalue weighted by Gasteiger charge is 2.26. The van der Waals surface area contributed by atoms with Crippen molar-refractivity contribution in [1.82, 2.24) is 9.88 Å². The zero-order valence-corrected chi connectivity index (χ0v) is 14.8. The summed E-state index contributed by atoms with van der Waals surface area (Å²) in [5.41, 5.74) is 1.44. The van der Waals surface area contributed by atoms with Gasteiger partial charge in [-0.2, -0.15) is 0 Å².